The number of hydrogen-bond donors (Lipinski definition) is 0. The minimum atomic E-state index is -0.622. The van der Waals surface area contributed by atoms with Gasteiger partial charge in [0.1, 0.15) is 17.3 Å². The van der Waals surface area contributed by atoms with E-state index in [1.54, 1.807) is 6.07 Å². The van der Waals surface area contributed by atoms with E-state index in [0.29, 0.717) is 5.56 Å². The van der Waals surface area contributed by atoms with E-state index in [1.165, 1.54) is 30.5 Å². The Bertz CT molecular complexity index is 588. The summed E-state index contributed by atoms with van der Waals surface area (Å²) in [5, 5.41) is 8.48. The van der Waals surface area contributed by atoms with E-state index in [-0.39, 0.29) is 17.7 Å². The monoisotopic (exact) mass is 230 g/mol. The highest BCUT2D eigenvalue weighted by Gasteiger charge is 2.11. The van der Waals surface area contributed by atoms with Gasteiger partial charge in [-0.1, -0.05) is 12.1 Å². The zero-order chi connectivity index (χ0) is 12.3. The van der Waals surface area contributed by atoms with Crippen LogP contribution in [-0.2, 0) is 6.42 Å². The Kier molecular flexibility index (Phi) is 3.10. The first kappa shape index (κ1) is 11.2. The highest BCUT2D eigenvalue weighted by atomic mass is 19.1. The Labute approximate surface area is 97.2 Å². The molecule has 84 valence electrons. The molecule has 1 aromatic carbocycles. The Morgan fingerprint density at radius 3 is 2.59 bits per heavy atom. The lowest BCUT2D eigenvalue weighted by molar-refractivity contribution is 0.610. The molecule has 2 rings (SSSR count). The molecule has 0 unspecified atom stereocenters. The average Bonchev–Trinajstić information content (AvgIpc) is 2.31. The summed E-state index contributed by atoms with van der Waals surface area (Å²) in [4.78, 5) is 3.86. The van der Waals surface area contributed by atoms with Crippen LogP contribution in [0, 0.1) is 23.0 Å². The van der Waals surface area contributed by atoms with Gasteiger partial charge in [-0.3, -0.25) is 4.98 Å². The smallest absolute Gasteiger partial charge is 0.149 e. The lowest BCUT2D eigenvalue weighted by Crippen LogP contribution is -1.94. The molecule has 0 bridgehead atoms. The molecular formula is C13H8F2N2. The van der Waals surface area contributed by atoms with Gasteiger partial charge in [-0.2, -0.15) is 5.26 Å². The number of pyridine rings is 1. The van der Waals surface area contributed by atoms with Gasteiger partial charge in [-0.25, -0.2) is 8.78 Å². The summed E-state index contributed by atoms with van der Waals surface area (Å²) >= 11 is 0. The normalized spacial score (nSPS) is 9.94. The lowest BCUT2D eigenvalue weighted by Gasteiger charge is -2.04. The number of benzene rings is 1. The standard InChI is InChI=1S/C13H8F2N2/c14-11-4-2-1-3-10(11)13-12(15)7-9(5-6-16)8-17-13/h1-4,7-8H,5H2. The molecule has 17 heavy (non-hydrogen) atoms. The van der Waals surface area contributed by atoms with Crippen molar-refractivity contribution in [2.75, 3.05) is 0 Å². The molecule has 0 amide bonds. The van der Waals surface area contributed by atoms with E-state index >= 15 is 0 Å². The van der Waals surface area contributed by atoms with Crippen LogP contribution < -0.4 is 0 Å². The third kappa shape index (κ3) is 2.28. The van der Waals surface area contributed by atoms with Crippen molar-refractivity contribution in [3.8, 4) is 17.3 Å². The average molecular weight is 230 g/mol. The van der Waals surface area contributed by atoms with E-state index in [1.807, 2.05) is 6.07 Å². The second kappa shape index (κ2) is 4.71. The molecule has 0 aliphatic rings. The van der Waals surface area contributed by atoms with Gasteiger partial charge in [-0.05, 0) is 23.8 Å². The maximum Gasteiger partial charge on any atom is 0.149 e. The molecule has 0 aliphatic carbocycles. The molecular weight excluding hydrogens is 222 g/mol. The van der Waals surface area contributed by atoms with Crippen molar-refractivity contribution in [1.29, 1.82) is 5.26 Å². The van der Waals surface area contributed by atoms with Crippen LogP contribution in [0.1, 0.15) is 5.56 Å². The molecule has 1 aromatic heterocycles. The Morgan fingerprint density at radius 2 is 1.94 bits per heavy atom. The zero-order valence-electron chi connectivity index (χ0n) is 8.82. The summed E-state index contributed by atoms with van der Waals surface area (Å²) in [5.41, 5.74) is 0.559. The van der Waals surface area contributed by atoms with Gasteiger partial charge >= 0.3 is 0 Å². The molecule has 0 fully saturated rings. The number of nitrogens with zero attached hydrogens (tertiary/aromatic N) is 2. The number of nitriles is 1. The second-order valence-electron chi connectivity index (χ2n) is 3.49. The van der Waals surface area contributed by atoms with Crippen LogP contribution in [0.25, 0.3) is 11.3 Å². The summed E-state index contributed by atoms with van der Waals surface area (Å²) in [7, 11) is 0. The number of hydrogen-bond acceptors (Lipinski definition) is 2. The third-order valence-corrected chi connectivity index (χ3v) is 2.31. The Balaban J connectivity index is 2.48. The van der Waals surface area contributed by atoms with Crippen molar-refractivity contribution in [2.24, 2.45) is 0 Å². The first-order valence-electron chi connectivity index (χ1n) is 4.98. The van der Waals surface area contributed by atoms with Crippen LogP contribution in [0.15, 0.2) is 36.5 Å². The quantitative estimate of drug-likeness (QED) is 0.794. The Morgan fingerprint density at radius 1 is 1.18 bits per heavy atom. The molecule has 0 saturated heterocycles. The van der Waals surface area contributed by atoms with E-state index in [9.17, 15) is 8.78 Å². The molecule has 0 atom stereocenters. The van der Waals surface area contributed by atoms with E-state index < -0.39 is 11.6 Å². The second-order valence-corrected chi connectivity index (χ2v) is 3.49. The number of aromatic nitrogens is 1. The Hall–Kier alpha value is -2.28. The maximum atomic E-state index is 13.7. The molecule has 0 aliphatic heterocycles. The van der Waals surface area contributed by atoms with E-state index in [0.717, 1.165) is 0 Å². The first-order chi connectivity index (χ1) is 8.22. The van der Waals surface area contributed by atoms with Crippen molar-refractivity contribution in [1.82, 2.24) is 4.98 Å². The van der Waals surface area contributed by atoms with Crippen LogP contribution in [0.3, 0.4) is 0 Å². The predicted octanol–water partition coefficient (Wildman–Crippen LogP) is 3.09. The van der Waals surface area contributed by atoms with Crippen molar-refractivity contribution in [3.63, 3.8) is 0 Å². The fourth-order valence-electron chi connectivity index (χ4n) is 1.52. The molecule has 1 heterocycles. The predicted molar refractivity (Wildman–Crippen MR) is 58.9 cm³/mol. The number of halogens is 2. The molecule has 2 nitrogen and oxygen atoms in total. The van der Waals surface area contributed by atoms with Crippen molar-refractivity contribution >= 4 is 0 Å². The minimum Gasteiger partial charge on any atom is -0.253 e. The van der Waals surface area contributed by atoms with Crippen LogP contribution in [0.4, 0.5) is 8.78 Å². The highest BCUT2D eigenvalue weighted by molar-refractivity contribution is 5.60. The SMILES string of the molecule is N#CCc1cnc(-c2ccccc2F)c(F)c1. The van der Waals surface area contributed by atoms with Crippen LogP contribution in [-0.4, -0.2) is 4.98 Å². The third-order valence-electron chi connectivity index (χ3n) is 2.31. The van der Waals surface area contributed by atoms with Gasteiger partial charge in [0.05, 0.1) is 12.5 Å². The van der Waals surface area contributed by atoms with Gasteiger partial charge in [0.25, 0.3) is 0 Å². The maximum absolute atomic E-state index is 13.7. The minimum absolute atomic E-state index is 0.0372. The summed E-state index contributed by atoms with van der Waals surface area (Å²) in [6, 6.07) is 8.96. The highest BCUT2D eigenvalue weighted by Crippen LogP contribution is 2.23. The molecule has 0 saturated carbocycles. The summed E-state index contributed by atoms with van der Waals surface area (Å²) in [6.45, 7) is 0. The van der Waals surface area contributed by atoms with Crippen molar-refractivity contribution in [2.45, 2.75) is 6.42 Å². The van der Waals surface area contributed by atoms with Gasteiger partial charge in [0, 0.05) is 11.8 Å². The van der Waals surface area contributed by atoms with Crippen LogP contribution in [0.2, 0.25) is 0 Å². The van der Waals surface area contributed by atoms with Crippen LogP contribution in [0.5, 0.6) is 0 Å². The van der Waals surface area contributed by atoms with Gasteiger partial charge in [0.15, 0.2) is 0 Å². The fraction of sp³-hybridized carbons (Fsp3) is 0.0769. The van der Waals surface area contributed by atoms with Gasteiger partial charge in [0.2, 0.25) is 0 Å². The van der Waals surface area contributed by atoms with E-state index in [4.69, 9.17) is 5.26 Å². The van der Waals surface area contributed by atoms with Crippen LogP contribution >= 0.6 is 0 Å². The fourth-order valence-corrected chi connectivity index (χ4v) is 1.52. The van der Waals surface area contributed by atoms with Gasteiger partial charge < -0.3 is 0 Å². The van der Waals surface area contributed by atoms with Crippen molar-refractivity contribution in [3.05, 3.63) is 53.7 Å². The van der Waals surface area contributed by atoms with Gasteiger partial charge in [-0.15, -0.1) is 0 Å². The summed E-state index contributed by atoms with van der Waals surface area (Å²) in [6.07, 6.45) is 1.47. The zero-order valence-corrected chi connectivity index (χ0v) is 8.82. The first-order valence-corrected chi connectivity index (χ1v) is 4.98. The summed E-state index contributed by atoms with van der Waals surface area (Å²) < 4.78 is 27.1. The molecule has 4 heteroatoms. The topological polar surface area (TPSA) is 36.7 Å². The van der Waals surface area contributed by atoms with E-state index in [2.05, 4.69) is 4.98 Å². The van der Waals surface area contributed by atoms with Crippen molar-refractivity contribution < 1.29 is 8.78 Å². The molecule has 0 N–H and O–H groups in total. The summed E-state index contributed by atoms with van der Waals surface area (Å²) in [5.74, 6) is -1.14. The lowest BCUT2D eigenvalue weighted by atomic mass is 10.1. The largest absolute Gasteiger partial charge is 0.253 e. The molecule has 2 aromatic rings. The molecule has 0 radical (unpaired) electrons. The molecule has 0 spiro atoms. The number of rotatable bonds is 2.